The van der Waals surface area contributed by atoms with E-state index in [1.807, 2.05) is 37.9 Å². The van der Waals surface area contributed by atoms with Gasteiger partial charge in [-0.3, -0.25) is 9.98 Å². The van der Waals surface area contributed by atoms with Gasteiger partial charge in [-0.15, -0.1) is 0 Å². The van der Waals surface area contributed by atoms with Gasteiger partial charge in [-0.1, -0.05) is 32.4 Å². The van der Waals surface area contributed by atoms with Gasteiger partial charge in [-0.25, -0.2) is 4.79 Å². The lowest BCUT2D eigenvalue weighted by atomic mass is 9.95. The summed E-state index contributed by atoms with van der Waals surface area (Å²) in [5.41, 5.74) is 6.28. The van der Waals surface area contributed by atoms with E-state index in [-0.39, 0.29) is 6.09 Å². The molecule has 2 fully saturated rings. The number of hydrogen-bond donors (Lipinski definition) is 0. The van der Waals surface area contributed by atoms with E-state index < -0.39 is 5.60 Å². The lowest BCUT2D eigenvalue weighted by Gasteiger charge is -2.38. The molecule has 40 heavy (non-hydrogen) atoms. The van der Waals surface area contributed by atoms with Crippen LogP contribution in [0.15, 0.2) is 58.5 Å². The number of aromatic nitrogens is 1. The molecule has 2 aliphatic rings. The second-order valence-corrected chi connectivity index (χ2v) is 11.3. The van der Waals surface area contributed by atoms with Crippen LogP contribution in [-0.4, -0.2) is 58.4 Å². The molecule has 7 heteroatoms. The zero-order valence-corrected chi connectivity index (χ0v) is 26.0. The van der Waals surface area contributed by atoms with Gasteiger partial charge in [0.25, 0.3) is 0 Å². The summed E-state index contributed by atoms with van der Waals surface area (Å²) in [6.07, 6.45) is 13.3. The Hall–Kier alpha value is -3.40. The normalized spacial score (nSPS) is 17.2. The number of nitrogens with zero attached hydrogens (tertiary/aromatic N) is 5. The number of carbonyl (C=O) groups excluding carboxylic acids is 1. The third kappa shape index (κ3) is 10.6. The predicted octanol–water partition coefficient (Wildman–Crippen LogP) is 7.46. The van der Waals surface area contributed by atoms with Crippen LogP contribution in [0.5, 0.6) is 0 Å². The van der Waals surface area contributed by atoms with E-state index in [4.69, 9.17) is 15.0 Å². The summed E-state index contributed by atoms with van der Waals surface area (Å²) in [6, 6.07) is 5.64. The highest BCUT2D eigenvalue weighted by molar-refractivity contribution is 6.03. The maximum absolute atomic E-state index is 12.4. The lowest BCUT2D eigenvalue weighted by molar-refractivity contribution is 0.0168. The molecule has 1 aromatic heterocycles. The fourth-order valence-electron chi connectivity index (χ4n) is 4.64. The number of piperazine rings is 1. The van der Waals surface area contributed by atoms with Crippen LogP contribution in [0.1, 0.15) is 92.3 Å². The Morgan fingerprint density at radius 1 is 1.18 bits per heavy atom. The summed E-state index contributed by atoms with van der Waals surface area (Å²) in [6.45, 7) is 19.4. The van der Waals surface area contributed by atoms with Crippen LogP contribution in [0.4, 0.5) is 4.79 Å². The summed E-state index contributed by atoms with van der Waals surface area (Å²) < 4.78 is 5.53. The minimum atomic E-state index is -0.456. The SMILES string of the molecule is CCCc1cc(C#N)ccn1.C\C=C(C(/C(C)=N/C=C/CC)=C(/C)N1CCN(C(=O)OC(C)(C)C)CC1)\C1CC1. The van der Waals surface area contributed by atoms with E-state index >= 15 is 0 Å². The fraction of sp³-hybridized carbons (Fsp3) is 0.576. The van der Waals surface area contributed by atoms with E-state index in [9.17, 15) is 4.79 Å². The summed E-state index contributed by atoms with van der Waals surface area (Å²) in [7, 11) is 0. The van der Waals surface area contributed by atoms with Crippen molar-refractivity contribution in [3.63, 3.8) is 0 Å². The minimum absolute atomic E-state index is 0.214. The van der Waals surface area contributed by atoms with Gasteiger partial charge in [0.2, 0.25) is 0 Å². The number of amides is 1. The number of aryl methyl sites for hydroxylation is 1. The highest BCUT2D eigenvalue weighted by Gasteiger charge is 2.32. The molecule has 2 heterocycles. The molecule has 1 amide bonds. The number of allylic oxidation sites excluding steroid dienone is 5. The number of hydrogen-bond acceptors (Lipinski definition) is 6. The fourth-order valence-corrected chi connectivity index (χ4v) is 4.64. The van der Waals surface area contributed by atoms with Crippen molar-refractivity contribution in [1.29, 1.82) is 5.26 Å². The smallest absolute Gasteiger partial charge is 0.410 e. The van der Waals surface area contributed by atoms with Gasteiger partial charge in [-0.2, -0.15) is 5.26 Å². The van der Waals surface area contributed by atoms with Gasteiger partial charge in [0.05, 0.1) is 11.6 Å². The predicted molar refractivity (Wildman–Crippen MR) is 164 cm³/mol. The average Bonchev–Trinajstić information content (AvgIpc) is 3.76. The molecule has 0 atom stereocenters. The van der Waals surface area contributed by atoms with Crippen LogP contribution in [0.3, 0.4) is 0 Å². The minimum Gasteiger partial charge on any atom is -0.444 e. The van der Waals surface area contributed by atoms with Gasteiger partial charge < -0.3 is 14.5 Å². The third-order valence-corrected chi connectivity index (χ3v) is 6.81. The van der Waals surface area contributed by atoms with Crippen molar-refractivity contribution in [2.75, 3.05) is 26.2 Å². The molecule has 0 unspecified atom stereocenters. The van der Waals surface area contributed by atoms with E-state index in [0.717, 1.165) is 43.8 Å². The maximum atomic E-state index is 12.4. The van der Waals surface area contributed by atoms with Gasteiger partial charge in [0.1, 0.15) is 5.60 Å². The van der Waals surface area contributed by atoms with Crippen LogP contribution >= 0.6 is 0 Å². The van der Waals surface area contributed by atoms with Crippen LogP contribution in [0.25, 0.3) is 0 Å². The van der Waals surface area contributed by atoms with Crippen LogP contribution < -0.4 is 0 Å². The van der Waals surface area contributed by atoms with Crippen molar-refractivity contribution in [2.24, 2.45) is 10.9 Å². The molecular formula is C33H49N5O2. The molecule has 1 aliphatic carbocycles. The van der Waals surface area contributed by atoms with Gasteiger partial charge >= 0.3 is 6.09 Å². The first-order valence-electron chi connectivity index (χ1n) is 14.7. The van der Waals surface area contributed by atoms with Crippen molar-refractivity contribution in [3.05, 3.63) is 64.8 Å². The molecule has 1 aromatic rings. The molecule has 0 bridgehead atoms. The third-order valence-electron chi connectivity index (χ3n) is 6.81. The summed E-state index contributed by atoms with van der Waals surface area (Å²) in [5.74, 6) is 0.660. The second-order valence-electron chi connectivity index (χ2n) is 11.3. The molecule has 7 nitrogen and oxygen atoms in total. The Kier molecular flexibility index (Phi) is 13.1. The van der Waals surface area contributed by atoms with Gasteiger partial charge in [-0.05, 0) is 90.8 Å². The first-order chi connectivity index (χ1) is 19.0. The number of aliphatic imine (C=N–C) groups is 1. The molecule has 218 valence electrons. The van der Waals surface area contributed by atoms with E-state index in [1.165, 1.54) is 29.7 Å². The van der Waals surface area contributed by atoms with Crippen molar-refractivity contribution >= 4 is 11.8 Å². The number of ether oxygens (including phenoxy) is 1. The van der Waals surface area contributed by atoms with E-state index in [0.29, 0.717) is 24.6 Å². The van der Waals surface area contributed by atoms with Crippen molar-refractivity contribution < 1.29 is 9.53 Å². The molecule has 3 rings (SSSR count). The molecule has 1 aliphatic heterocycles. The molecule has 0 radical (unpaired) electrons. The number of rotatable bonds is 8. The number of nitriles is 1. The van der Waals surface area contributed by atoms with E-state index in [1.54, 1.807) is 12.3 Å². The first-order valence-corrected chi connectivity index (χ1v) is 14.7. The van der Waals surface area contributed by atoms with Crippen LogP contribution in [0, 0.1) is 17.2 Å². The Morgan fingerprint density at radius 2 is 1.82 bits per heavy atom. The van der Waals surface area contributed by atoms with Crippen LogP contribution in [0.2, 0.25) is 0 Å². The van der Waals surface area contributed by atoms with Gasteiger partial charge in [0.15, 0.2) is 0 Å². The van der Waals surface area contributed by atoms with Gasteiger partial charge in [0, 0.05) is 61.3 Å². The monoisotopic (exact) mass is 547 g/mol. The largest absolute Gasteiger partial charge is 0.444 e. The standard InChI is InChI=1S/C24H39N3O2.C9H10N2/c1-8-10-13-25-18(3)22(21(9-2)20-11-12-20)19(4)26-14-16-27(17-15-26)23(28)29-24(5,6)7;1-2-3-9-6-8(7-10)4-5-11-9/h9-10,13,20H,8,11-12,14-17H2,1-7H3;4-6H,2-3H2,1H3/b13-10+,21-9-,22-19-,25-18+;. The van der Waals surface area contributed by atoms with E-state index in [2.05, 4.69) is 62.7 Å². The molecule has 1 saturated carbocycles. The Labute approximate surface area is 242 Å². The maximum Gasteiger partial charge on any atom is 0.410 e. The zero-order chi connectivity index (χ0) is 29.7. The topological polar surface area (TPSA) is 81.8 Å². The Balaban J connectivity index is 0.000000425. The first kappa shape index (κ1) is 32.8. The molecule has 1 saturated heterocycles. The molecule has 0 spiro atoms. The molecular weight excluding hydrogens is 498 g/mol. The highest BCUT2D eigenvalue weighted by atomic mass is 16.6. The van der Waals surface area contributed by atoms with Crippen molar-refractivity contribution in [2.45, 2.75) is 93.1 Å². The Bertz CT molecular complexity index is 1140. The summed E-state index contributed by atoms with van der Waals surface area (Å²) >= 11 is 0. The van der Waals surface area contributed by atoms with Crippen LogP contribution in [-0.2, 0) is 11.2 Å². The lowest BCUT2D eigenvalue weighted by Crippen LogP contribution is -2.49. The summed E-state index contributed by atoms with van der Waals surface area (Å²) in [4.78, 5) is 25.4. The highest BCUT2D eigenvalue weighted by Crippen LogP contribution is 2.41. The molecule has 0 aromatic carbocycles. The average molecular weight is 548 g/mol. The second kappa shape index (κ2) is 16.0. The Morgan fingerprint density at radius 3 is 2.35 bits per heavy atom. The quantitative estimate of drug-likeness (QED) is 0.249. The van der Waals surface area contributed by atoms with Crippen molar-refractivity contribution in [3.8, 4) is 6.07 Å². The number of pyridine rings is 1. The zero-order valence-electron chi connectivity index (χ0n) is 26.0. The molecule has 0 N–H and O–H groups in total. The number of carbonyl (C=O) groups is 1. The summed E-state index contributed by atoms with van der Waals surface area (Å²) in [5, 5.41) is 8.55. The van der Waals surface area contributed by atoms with Crippen molar-refractivity contribution in [1.82, 2.24) is 14.8 Å².